The highest BCUT2D eigenvalue weighted by atomic mass is 32.1. The van der Waals surface area contributed by atoms with E-state index >= 15 is 0 Å². The van der Waals surface area contributed by atoms with Crippen LogP contribution in [0.3, 0.4) is 0 Å². The summed E-state index contributed by atoms with van der Waals surface area (Å²) in [6.45, 7) is 8.83. The van der Waals surface area contributed by atoms with Crippen LogP contribution in [0.15, 0.2) is 10.9 Å². The Hall–Kier alpha value is -0.450. The maximum atomic E-state index is 4.37. The van der Waals surface area contributed by atoms with Crippen LogP contribution in [0.1, 0.15) is 39.3 Å². The van der Waals surface area contributed by atoms with Crippen LogP contribution < -0.4 is 5.32 Å². The Morgan fingerprint density at radius 1 is 1.44 bits per heavy atom. The van der Waals surface area contributed by atoms with E-state index < -0.39 is 0 Å². The number of thiazole rings is 1. The van der Waals surface area contributed by atoms with Crippen molar-refractivity contribution in [3.63, 3.8) is 0 Å². The summed E-state index contributed by atoms with van der Waals surface area (Å²) >= 11 is 1.68. The maximum Gasteiger partial charge on any atom is 0.0795 e. The van der Waals surface area contributed by atoms with E-state index in [2.05, 4.69) is 48.4 Å². The Morgan fingerprint density at radius 3 is 2.72 bits per heavy atom. The van der Waals surface area contributed by atoms with Gasteiger partial charge in [-0.1, -0.05) is 0 Å². The summed E-state index contributed by atoms with van der Waals surface area (Å²) in [6, 6.07) is 0.724. The van der Waals surface area contributed by atoms with E-state index in [1.54, 1.807) is 11.3 Å². The van der Waals surface area contributed by atoms with Crippen LogP contribution in [0.5, 0.6) is 0 Å². The van der Waals surface area contributed by atoms with Crippen LogP contribution in [-0.4, -0.2) is 35.1 Å². The second-order valence-electron chi connectivity index (χ2n) is 6.43. The molecule has 1 aromatic rings. The first kappa shape index (κ1) is 14.0. The maximum absolute atomic E-state index is 4.37. The SMILES string of the molecule is CN(Cc1cscn1)C1CCC1CNC(C)(C)C. The Kier molecular flexibility index (Phi) is 4.41. The molecule has 0 spiro atoms. The van der Waals surface area contributed by atoms with Crippen molar-refractivity contribution in [2.24, 2.45) is 5.92 Å². The Bertz CT molecular complexity index is 356. The average molecular weight is 267 g/mol. The van der Waals surface area contributed by atoms with Crippen molar-refractivity contribution in [3.8, 4) is 0 Å². The van der Waals surface area contributed by atoms with E-state index in [-0.39, 0.29) is 5.54 Å². The molecule has 1 saturated carbocycles. The fourth-order valence-electron chi connectivity index (χ4n) is 2.50. The van der Waals surface area contributed by atoms with Crippen LogP contribution in [0.4, 0.5) is 0 Å². The second kappa shape index (κ2) is 5.68. The van der Waals surface area contributed by atoms with E-state index in [9.17, 15) is 0 Å². The highest BCUT2D eigenvalue weighted by Crippen LogP contribution is 2.32. The van der Waals surface area contributed by atoms with Crippen molar-refractivity contribution < 1.29 is 0 Å². The molecule has 1 aliphatic carbocycles. The summed E-state index contributed by atoms with van der Waals surface area (Å²) in [6.07, 6.45) is 2.69. The van der Waals surface area contributed by atoms with E-state index in [1.807, 2.05) is 5.51 Å². The molecule has 18 heavy (non-hydrogen) atoms. The Morgan fingerprint density at radius 2 is 2.22 bits per heavy atom. The molecule has 0 bridgehead atoms. The van der Waals surface area contributed by atoms with Gasteiger partial charge in [-0.05, 0) is 53.1 Å². The van der Waals surface area contributed by atoms with Crippen LogP contribution in [0.2, 0.25) is 0 Å². The summed E-state index contributed by atoms with van der Waals surface area (Å²) in [5, 5.41) is 5.78. The van der Waals surface area contributed by atoms with Gasteiger partial charge in [0.05, 0.1) is 11.2 Å². The lowest BCUT2D eigenvalue weighted by Crippen LogP contribution is -2.51. The summed E-state index contributed by atoms with van der Waals surface area (Å²) in [5.74, 6) is 0.799. The lowest BCUT2D eigenvalue weighted by molar-refractivity contribution is 0.0730. The number of nitrogens with one attached hydrogen (secondary N) is 1. The van der Waals surface area contributed by atoms with Gasteiger partial charge in [0.2, 0.25) is 0 Å². The third-order valence-corrected chi connectivity index (χ3v) is 4.37. The fraction of sp³-hybridized carbons (Fsp3) is 0.786. The smallest absolute Gasteiger partial charge is 0.0795 e. The normalized spacial score (nSPS) is 24.3. The lowest BCUT2D eigenvalue weighted by atomic mass is 9.78. The first-order valence-electron chi connectivity index (χ1n) is 6.78. The van der Waals surface area contributed by atoms with Crippen molar-refractivity contribution in [2.75, 3.05) is 13.6 Å². The quantitative estimate of drug-likeness (QED) is 0.889. The molecule has 0 aromatic carbocycles. The molecule has 1 heterocycles. The van der Waals surface area contributed by atoms with E-state index in [0.717, 1.165) is 25.0 Å². The first-order chi connectivity index (χ1) is 8.46. The van der Waals surface area contributed by atoms with Crippen LogP contribution in [0, 0.1) is 5.92 Å². The average Bonchev–Trinajstić information content (AvgIpc) is 2.66. The molecule has 1 aromatic heterocycles. The summed E-state index contributed by atoms with van der Waals surface area (Å²) in [5.41, 5.74) is 3.35. The zero-order chi connectivity index (χ0) is 13.2. The van der Waals surface area contributed by atoms with Gasteiger partial charge in [0.15, 0.2) is 0 Å². The predicted octanol–water partition coefficient (Wildman–Crippen LogP) is 2.74. The minimum Gasteiger partial charge on any atom is -0.312 e. The summed E-state index contributed by atoms with van der Waals surface area (Å²) in [4.78, 5) is 6.83. The number of hydrogen-bond acceptors (Lipinski definition) is 4. The van der Waals surface area contributed by atoms with Gasteiger partial charge in [-0.25, -0.2) is 4.98 Å². The lowest BCUT2D eigenvalue weighted by Gasteiger charge is -2.43. The molecule has 2 rings (SSSR count). The molecule has 1 fully saturated rings. The van der Waals surface area contributed by atoms with Gasteiger partial charge in [-0.3, -0.25) is 4.90 Å². The highest BCUT2D eigenvalue weighted by Gasteiger charge is 2.34. The van der Waals surface area contributed by atoms with Gasteiger partial charge in [0.25, 0.3) is 0 Å². The van der Waals surface area contributed by atoms with Crippen molar-refractivity contribution in [1.82, 2.24) is 15.2 Å². The standard InChI is InChI=1S/C14H25N3S/c1-14(2,3)16-7-11-5-6-13(11)17(4)8-12-9-18-10-15-12/h9-11,13,16H,5-8H2,1-4H3. The molecule has 3 nitrogen and oxygen atoms in total. The molecule has 2 atom stereocenters. The number of hydrogen-bond donors (Lipinski definition) is 1. The molecule has 1 N–H and O–H groups in total. The van der Waals surface area contributed by atoms with Crippen LogP contribution in [0.25, 0.3) is 0 Å². The molecule has 0 radical (unpaired) electrons. The summed E-state index contributed by atoms with van der Waals surface area (Å²) < 4.78 is 0. The zero-order valence-corrected chi connectivity index (χ0v) is 12.8. The molecule has 4 heteroatoms. The van der Waals surface area contributed by atoms with Gasteiger partial charge in [0, 0.05) is 23.5 Å². The molecule has 1 aliphatic rings. The molecule has 2 unspecified atom stereocenters. The second-order valence-corrected chi connectivity index (χ2v) is 7.15. The Labute approximate surface area is 115 Å². The number of rotatable bonds is 5. The van der Waals surface area contributed by atoms with Gasteiger partial charge in [-0.15, -0.1) is 11.3 Å². The topological polar surface area (TPSA) is 28.2 Å². The van der Waals surface area contributed by atoms with Gasteiger partial charge >= 0.3 is 0 Å². The van der Waals surface area contributed by atoms with Gasteiger partial charge in [0.1, 0.15) is 0 Å². The minimum absolute atomic E-state index is 0.230. The number of aromatic nitrogens is 1. The third-order valence-electron chi connectivity index (χ3n) is 3.73. The predicted molar refractivity (Wildman–Crippen MR) is 77.8 cm³/mol. The molecular formula is C14H25N3S. The first-order valence-corrected chi connectivity index (χ1v) is 7.72. The fourth-order valence-corrected chi connectivity index (χ4v) is 3.05. The Balaban J connectivity index is 1.79. The molecule has 0 aliphatic heterocycles. The van der Waals surface area contributed by atoms with Gasteiger partial charge in [-0.2, -0.15) is 0 Å². The van der Waals surface area contributed by atoms with Crippen molar-refractivity contribution in [1.29, 1.82) is 0 Å². The van der Waals surface area contributed by atoms with Gasteiger partial charge < -0.3 is 5.32 Å². The van der Waals surface area contributed by atoms with Crippen molar-refractivity contribution in [2.45, 2.75) is 51.7 Å². The van der Waals surface area contributed by atoms with E-state index in [0.29, 0.717) is 0 Å². The van der Waals surface area contributed by atoms with Crippen molar-refractivity contribution in [3.05, 3.63) is 16.6 Å². The number of nitrogens with zero attached hydrogens (tertiary/aromatic N) is 2. The molecule has 0 amide bonds. The van der Waals surface area contributed by atoms with Crippen LogP contribution >= 0.6 is 11.3 Å². The highest BCUT2D eigenvalue weighted by molar-refractivity contribution is 7.07. The minimum atomic E-state index is 0.230. The van der Waals surface area contributed by atoms with Crippen LogP contribution in [-0.2, 0) is 6.54 Å². The zero-order valence-electron chi connectivity index (χ0n) is 11.9. The largest absolute Gasteiger partial charge is 0.312 e. The third kappa shape index (κ3) is 3.77. The molecule has 0 saturated heterocycles. The molecule has 102 valence electrons. The van der Waals surface area contributed by atoms with E-state index in [4.69, 9.17) is 0 Å². The van der Waals surface area contributed by atoms with Crippen molar-refractivity contribution >= 4 is 11.3 Å². The monoisotopic (exact) mass is 267 g/mol. The summed E-state index contributed by atoms with van der Waals surface area (Å²) in [7, 11) is 2.23. The molecular weight excluding hydrogens is 242 g/mol. The van der Waals surface area contributed by atoms with E-state index in [1.165, 1.54) is 18.5 Å².